The van der Waals surface area contributed by atoms with E-state index in [0.29, 0.717) is 0 Å². The van der Waals surface area contributed by atoms with Crippen molar-refractivity contribution in [3.05, 3.63) is 36.2 Å². The zero-order chi connectivity index (χ0) is 11.1. The summed E-state index contributed by atoms with van der Waals surface area (Å²) in [5.41, 5.74) is 1.99. The Kier molecular flexibility index (Phi) is 4.84. The van der Waals surface area contributed by atoms with Crippen LogP contribution in [0.3, 0.4) is 0 Å². The second kappa shape index (κ2) is 6.19. The fourth-order valence-corrected chi connectivity index (χ4v) is 1.33. The van der Waals surface area contributed by atoms with Crippen LogP contribution in [0.25, 0.3) is 0 Å². The van der Waals surface area contributed by atoms with Gasteiger partial charge in [-0.05, 0) is 19.9 Å². The second-order valence-electron chi connectivity index (χ2n) is 3.39. The Morgan fingerprint density at radius 3 is 3.00 bits per heavy atom. The standard InChI is InChI=1S/C12H18N2O/c1-4-5-6-13-9-11-8-12(15-3)7-10(2)14-11/h4,7-8,13H,1,5-6,9H2,2-3H3. The number of nitrogens with zero attached hydrogens (tertiary/aromatic N) is 1. The third-order valence-corrected chi connectivity index (χ3v) is 2.05. The first-order valence-electron chi connectivity index (χ1n) is 5.09. The van der Waals surface area contributed by atoms with Crippen LogP contribution in [0.1, 0.15) is 17.8 Å². The maximum absolute atomic E-state index is 5.18. The number of ether oxygens (including phenoxy) is 1. The smallest absolute Gasteiger partial charge is 0.122 e. The van der Waals surface area contributed by atoms with E-state index >= 15 is 0 Å². The maximum atomic E-state index is 5.18. The minimum Gasteiger partial charge on any atom is -0.497 e. The molecular formula is C12H18N2O. The summed E-state index contributed by atoms with van der Waals surface area (Å²) in [7, 11) is 1.67. The Bertz CT molecular complexity index is 323. The predicted octanol–water partition coefficient (Wildman–Crippen LogP) is 2.06. The first-order valence-corrected chi connectivity index (χ1v) is 5.09. The number of hydrogen-bond acceptors (Lipinski definition) is 3. The molecule has 3 nitrogen and oxygen atoms in total. The molecule has 1 rings (SSSR count). The van der Waals surface area contributed by atoms with E-state index in [9.17, 15) is 0 Å². The number of aromatic nitrogens is 1. The quantitative estimate of drug-likeness (QED) is 0.571. The molecule has 0 atom stereocenters. The van der Waals surface area contributed by atoms with Gasteiger partial charge in [-0.1, -0.05) is 6.08 Å². The Hall–Kier alpha value is -1.35. The number of hydrogen-bond donors (Lipinski definition) is 1. The monoisotopic (exact) mass is 206 g/mol. The van der Waals surface area contributed by atoms with Gasteiger partial charge in [-0.3, -0.25) is 4.98 Å². The van der Waals surface area contributed by atoms with E-state index in [2.05, 4.69) is 16.9 Å². The summed E-state index contributed by atoms with van der Waals surface area (Å²) in [6, 6.07) is 3.88. The van der Waals surface area contributed by atoms with Gasteiger partial charge in [0.05, 0.1) is 12.8 Å². The molecular weight excluding hydrogens is 188 g/mol. The lowest BCUT2D eigenvalue weighted by molar-refractivity contribution is 0.412. The highest BCUT2D eigenvalue weighted by atomic mass is 16.5. The average Bonchev–Trinajstić information content (AvgIpc) is 2.23. The van der Waals surface area contributed by atoms with Crippen LogP contribution >= 0.6 is 0 Å². The van der Waals surface area contributed by atoms with E-state index in [4.69, 9.17) is 4.74 Å². The van der Waals surface area contributed by atoms with Gasteiger partial charge in [0, 0.05) is 24.4 Å². The molecule has 0 fully saturated rings. The molecule has 1 aromatic rings. The van der Waals surface area contributed by atoms with Gasteiger partial charge in [0.25, 0.3) is 0 Å². The summed E-state index contributed by atoms with van der Waals surface area (Å²) in [5, 5.41) is 3.29. The van der Waals surface area contributed by atoms with Gasteiger partial charge in [0.1, 0.15) is 5.75 Å². The molecule has 0 bridgehead atoms. The van der Waals surface area contributed by atoms with Crippen LogP contribution in [0.2, 0.25) is 0 Å². The molecule has 0 aliphatic rings. The summed E-state index contributed by atoms with van der Waals surface area (Å²) in [5.74, 6) is 0.864. The highest BCUT2D eigenvalue weighted by molar-refractivity contribution is 5.26. The summed E-state index contributed by atoms with van der Waals surface area (Å²) in [6.45, 7) is 7.34. The predicted molar refractivity (Wildman–Crippen MR) is 62.0 cm³/mol. The maximum Gasteiger partial charge on any atom is 0.122 e. The second-order valence-corrected chi connectivity index (χ2v) is 3.39. The van der Waals surface area contributed by atoms with Crippen molar-refractivity contribution < 1.29 is 4.74 Å². The zero-order valence-corrected chi connectivity index (χ0v) is 9.42. The van der Waals surface area contributed by atoms with Crippen molar-refractivity contribution in [2.24, 2.45) is 0 Å². The Balaban J connectivity index is 2.52. The Labute approximate surface area is 91.2 Å². The summed E-state index contributed by atoms with van der Waals surface area (Å²) in [6.07, 6.45) is 2.88. The van der Waals surface area contributed by atoms with Gasteiger partial charge in [0.2, 0.25) is 0 Å². The van der Waals surface area contributed by atoms with Crippen LogP contribution in [-0.4, -0.2) is 18.6 Å². The largest absolute Gasteiger partial charge is 0.497 e. The molecule has 0 unspecified atom stereocenters. The molecule has 0 saturated heterocycles. The van der Waals surface area contributed by atoms with E-state index in [-0.39, 0.29) is 0 Å². The van der Waals surface area contributed by atoms with Gasteiger partial charge in [-0.25, -0.2) is 0 Å². The van der Waals surface area contributed by atoms with Crippen molar-refractivity contribution in [3.63, 3.8) is 0 Å². The van der Waals surface area contributed by atoms with E-state index in [1.807, 2.05) is 25.1 Å². The SMILES string of the molecule is C=CCCNCc1cc(OC)cc(C)n1. The molecule has 0 radical (unpaired) electrons. The van der Waals surface area contributed by atoms with Crippen LogP contribution in [0.15, 0.2) is 24.8 Å². The van der Waals surface area contributed by atoms with Crippen molar-refractivity contribution in [3.8, 4) is 5.75 Å². The topological polar surface area (TPSA) is 34.1 Å². The van der Waals surface area contributed by atoms with E-state index < -0.39 is 0 Å². The van der Waals surface area contributed by atoms with Gasteiger partial charge >= 0.3 is 0 Å². The minimum atomic E-state index is 0.770. The van der Waals surface area contributed by atoms with Crippen LogP contribution in [0, 0.1) is 6.92 Å². The van der Waals surface area contributed by atoms with Gasteiger partial charge in [-0.2, -0.15) is 0 Å². The normalized spacial score (nSPS) is 10.0. The van der Waals surface area contributed by atoms with Crippen LogP contribution in [-0.2, 0) is 6.54 Å². The number of rotatable bonds is 6. The molecule has 0 aliphatic heterocycles. The summed E-state index contributed by atoms with van der Waals surface area (Å²) in [4.78, 5) is 4.41. The van der Waals surface area contributed by atoms with Gasteiger partial charge in [-0.15, -0.1) is 6.58 Å². The van der Waals surface area contributed by atoms with Crippen LogP contribution < -0.4 is 10.1 Å². The fraction of sp³-hybridized carbons (Fsp3) is 0.417. The summed E-state index contributed by atoms with van der Waals surface area (Å²) >= 11 is 0. The van der Waals surface area contributed by atoms with Gasteiger partial charge < -0.3 is 10.1 Å². The summed E-state index contributed by atoms with van der Waals surface area (Å²) < 4.78 is 5.18. The first-order chi connectivity index (χ1) is 7.26. The van der Waals surface area contributed by atoms with Gasteiger partial charge in [0.15, 0.2) is 0 Å². The third kappa shape index (κ3) is 4.13. The van der Waals surface area contributed by atoms with Crippen molar-refractivity contribution in [1.82, 2.24) is 10.3 Å². The lowest BCUT2D eigenvalue weighted by Crippen LogP contribution is -2.15. The van der Waals surface area contributed by atoms with Crippen molar-refractivity contribution >= 4 is 0 Å². The number of nitrogens with one attached hydrogen (secondary N) is 1. The van der Waals surface area contributed by atoms with Crippen LogP contribution in [0.5, 0.6) is 5.75 Å². The van der Waals surface area contributed by atoms with Crippen molar-refractivity contribution in [1.29, 1.82) is 0 Å². The molecule has 1 heterocycles. The molecule has 0 aromatic carbocycles. The molecule has 15 heavy (non-hydrogen) atoms. The fourth-order valence-electron chi connectivity index (χ4n) is 1.33. The van der Waals surface area contributed by atoms with E-state index in [0.717, 1.165) is 36.6 Å². The molecule has 1 aromatic heterocycles. The Morgan fingerprint density at radius 1 is 1.53 bits per heavy atom. The third-order valence-electron chi connectivity index (χ3n) is 2.05. The molecule has 0 amide bonds. The minimum absolute atomic E-state index is 0.770. The molecule has 0 spiro atoms. The molecule has 0 aliphatic carbocycles. The first kappa shape index (κ1) is 11.7. The van der Waals surface area contributed by atoms with Crippen molar-refractivity contribution in [2.75, 3.05) is 13.7 Å². The average molecular weight is 206 g/mol. The highest BCUT2D eigenvalue weighted by Gasteiger charge is 1.99. The molecule has 82 valence electrons. The zero-order valence-electron chi connectivity index (χ0n) is 9.42. The number of pyridine rings is 1. The van der Waals surface area contributed by atoms with E-state index in [1.165, 1.54) is 0 Å². The Morgan fingerprint density at radius 2 is 2.33 bits per heavy atom. The van der Waals surface area contributed by atoms with Crippen molar-refractivity contribution in [2.45, 2.75) is 19.9 Å². The molecule has 1 N–H and O–H groups in total. The highest BCUT2D eigenvalue weighted by Crippen LogP contribution is 2.12. The lowest BCUT2D eigenvalue weighted by atomic mass is 10.3. The number of methoxy groups -OCH3 is 1. The van der Waals surface area contributed by atoms with E-state index in [1.54, 1.807) is 7.11 Å². The molecule has 3 heteroatoms. The van der Waals surface area contributed by atoms with Crippen LogP contribution in [0.4, 0.5) is 0 Å². The lowest BCUT2D eigenvalue weighted by Gasteiger charge is -2.06. The number of aryl methyl sites for hydroxylation is 1. The molecule has 0 saturated carbocycles.